The minimum absolute atomic E-state index is 0. The number of aromatic nitrogens is 8. The van der Waals surface area contributed by atoms with Crippen LogP contribution in [0.1, 0.15) is 51.8 Å². The molecule has 34 heavy (non-hydrogen) atoms. The van der Waals surface area contributed by atoms with E-state index in [0.29, 0.717) is 11.5 Å². The molecule has 174 valence electrons. The Hall–Kier alpha value is -3.25. The molecule has 0 amide bonds. The summed E-state index contributed by atoms with van der Waals surface area (Å²) in [5.41, 5.74) is 4.02. The molecule has 0 fully saturated rings. The number of nitrogens with zero attached hydrogens (tertiary/aromatic N) is 8. The largest absolute Gasteiger partial charge is 2.00 e. The maximum Gasteiger partial charge on any atom is 2.00 e. The van der Waals surface area contributed by atoms with E-state index in [9.17, 15) is 0 Å². The van der Waals surface area contributed by atoms with Crippen LogP contribution in [0.5, 0.6) is 0 Å². The number of fused-ring (bicyclic) bond motifs is 1. The Balaban J connectivity index is 0.00000274. The van der Waals surface area contributed by atoms with E-state index in [1.54, 1.807) is 10.9 Å². The summed E-state index contributed by atoms with van der Waals surface area (Å²) in [4.78, 5) is 18.6. The van der Waals surface area contributed by atoms with Crippen molar-refractivity contribution in [1.82, 2.24) is 39.9 Å². The van der Waals surface area contributed by atoms with Crippen LogP contribution in [0.25, 0.3) is 28.2 Å². The number of hydrogen-bond acceptors (Lipinski definition) is 6. The molecule has 5 heterocycles. The van der Waals surface area contributed by atoms with Crippen molar-refractivity contribution in [1.29, 1.82) is 0 Å². The summed E-state index contributed by atoms with van der Waals surface area (Å²) >= 11 is 0. The maximum absolute atomic E-state index is 4.93. The van der Waals surface area contributed by atoms with Crippen LogP contribution in [-0.2, 0) is 31.9 Å². The van der Waals surface area contributed by atoms with E-state index in [1.807, 2.05) is 48.5 Å². The maximum atomic E-state index is 4.93. The van der Waals surface area contributed by atoms with E-state index in [4.69, 9.17) is 9.97 Å². The second-order valence-corrected chi connectivity index (χ2v) is 9.53. The van der Waals surface area contributed by atoms with Crippen molar-refractivity contribution in [2.45, 2.75) is 45.4 Å². The van der Waals surface area contributed by atoms with E-state index < -0.39 is 5.41 Å². The second kappa shape index (κ2) is 8.84. The van der Waals surface area contributed by atoms with Gasteiger partial charge in [0.1, 0.15) is 0 Å². The van der Waals surface area contributed by atoms with Crippen LogP contribution >= 0.6 is 0 Å². The van der Waals surface area contributed by atoms with Crippen LogP contribution in [0, 0.1) is 6.33 Å². The molecule has 0 aliphatic rings. The predicted molar refractivity (Wildman–Crippen MR) is 125 cm³/mol. The minimum Gasteiger partial charge on any atom is -0.571 e. The predicted octanol–water partition coefficient (Wildman–Crippen LogP) is 4.05. The van der Waals surface area contributed by atoms with Crippen molar-refractivity contribution < 1.29 is 21.1 Å². The Labute approximate surface area is 212 Å². The van der Waals surface area contributed by atoms with Gasteiger partial charge in [0.05, 0.1) is 34.1 Å². The molecular formula is C25H24N8Pt. The molecule has 5 rings (SSSR count). The molecule has 0 aliphatic carbocycles. The van der Waals surface area contributed by atoms with Gasteiger partial charge in [0.15, 0.2) is 0 Å². The molecule has 0 bridgehead atoms. The van der Waals surface area contributed by atoms with Crippen LogP contribution in [0.3, 0.4) is 0 Å². The van der Waals surface area contributed by atoms with E-state index in [2.05, 4.69) is 66.2 Å². The topological polar surface area (TPSA) is 96.4 Å². The standard InChI is InChI=1S/C25H24N8.Pt/c1-24(2,3)23-27-15-33(32-23)20-13-7-12-19(29-20)25(4,5)18-11-6-9-16(28-18)22-21-17(30-31-22)10-8-14-26-21;/h6-14H,1-5H3;/q-2;+2. The van der Waals surface area contributed by atoms with Gasteiger partial charge in [0.25, 0.3) is 0 Å². The smallest absolute Gasteiger partial charge is 0.571 e. The van der Waals surface area contributed by atoms with Crippen LogP contribution in [0.4, 0.5) is 0 Å². The Bertz CT molecular complexity index is 1440. The zero-order valence-electron chi connectivity index (χ0n) is 19.6. The average Bonchev–Trinajstić information content (AvgIpc) is 3.47. The van der Waals surface area contributed by atoms with Gasteiger partial charge in [-0.25, -0.2) is 5.10 Å². The summed E-state index contributed by atoms with van der Waals surface area (Å²) in [6, 6.07) is 15.5. The first-order chi connectivity index (χ1) is 15.7. The third-order valence-corrected chi connectivity index (χ3v) is 5.61. The van der Waals surface area contributed by atoms with E-state index >= 15 is 0 Å². The molecule has 0 unspecified atom stereocenters. The van der Waals surface area contributed by atoms with Gasteiger partial charge in [-0.2, -0.15) is 0 Å². The molecule has 0 saturated heterocycles. The Kier molecular flexibility index (Phi) is 6.21. The number of pyridine rings is 3. The monoisotopic (exact) mass is 631 g/mol. The average molecular weight is 632 g/mol. The van der Waals surface area contributed by atoms with Crippen LogP contribution < -0.4 is 5.10 Å². The molecule has 0 aliphatic heterocycles. The van der Waals surface area contributed by atoms with E-state index in [1.165, 1.54) is 0 Å². The van der Waals surface area contributed by atoms with Crippen molar-refractivity contribution in [2.75, 3.05) is 0 Å². The quantitative estimate of drug-likeness (QED) is 0.276. The minimum atomic E-state index is -0.470. The Morgan fingerprint density at radius 1 is 0.882 bits per heavy atom. The molecule has 5 aromatic heterocycles. The zero-order valence-corrected chi connectivity index (χ0v) is 21.9. The molecule has 0 aromatic carbocycles. The molecule has 8 nitrogen and oxygen atoms in total. The van der Waals surface area contributed by atoms with Crippen LogP contribution in [-0.4, -0.2) is 34.8 Å². The molecule has 0 N–H and O–H groups in total. The summed E-state index contributed by atoms with van der Waals surface area (Å²) in [6.07, 6.45) is 4.69. The van der Waals surface area contributed by atoms with E-state index in [-0.39, 0.29) is 26.5 Å². The molecule has 0 spiro atoms. The SMILES string of the molecule is CC(C)(C)c1n[c-]n(-c2cccc(C(C)(C)c3cccc(-c4[n-]nc5cccnc45)n3)n2)n1.[Pt+2]. The Morgan fingerprint density at radius 2 is 1.62 bits per heavy atom. The summed E-state index contributed by atoms with van der Waals surface area (Å²) in [6.45, 7) is 10.4. The normalized spacial score (nSPS) is 12.0. The molecule has 0 radical (unpaired) electrons. The van der Waals surface area contributed by atoms with Gasteiger partial charge in [-0.15, -0.1) is 0 Å². The van der Waals surface area contributed by atoms with Crippen molar-refractivity contribution >= 4 is 11.0 Å². The summed E-state index contributed by atoms with van der Waals surface area (Å²) in [7, 11) is 0. The summed E-state index contributed by atoms with van der Waals surface area (Å²) in [5.74, 6) is 1.39. The third kappa shape index (κ3) is 4.30. The summed E-state index contributed by atoms with van der Waals surface area (Å²) in [5, 5.41) is 13.1. The number of hydrogen-bond donors (Lipinski definition) is 0. The zero-order chi connectivity index (χ0) is 23.2. The van der Waals surface area contributed by atoms with Crippen molar-refractivity contribution in [3.8, 4) is 17.2 Å². The molecule has 9 heteroatoms. The summed E-state index contributed by atoms with van der Waals surface area (Å²) < 4.78 is 1.60. The molecule has 0 saturated carbocycles. The van der Waals surface area contributed by atoms with Gasteiger partial charge in [-0.1, -0.05) is 44.7 Å². The molecule has 0 atom stereocenters. The van der Waals surface area contributed by atoms with Gasteiger partial charge < -0.3 is 19.9 Å². The van der Waals surface area contributed by atoms with E-state index in [0.717, 1.165) is 33.9 Å². The van der Waals surface area contributed by atoms with Crippen LogP contribution in [0.2, 0.25) is 0 Å². The fourth-order valence-corrected chi connectivity index (χ4v) is 3.57. The first kappa shape index (κ1) is 23.9. The van der Waals surface area contributed by atoms with Gasteiger partial charge in [-0.05, 0) is 49.6 Å². The van der Waals surface area contributed by atoms with Gasteiger partial charge in [0, 0.05) is 23.6 Å². The van der Waals surface area contributed by atoms with Gasteiger partial charge in [0.2, 0.25) is 0 Å². The van der Waals surface area contributed by atoms with Crippen LogP contribution in [0.15, 0.2) is 54.7 Å². The molecular weight excluding hydrogens is 607 g/mol. The third-order valence-electron chi connectivity index (χ3n) is 5.61. The second-order valence-electron chi connectivity index (χ2n) is 9.53. The fraction of sp³-hybridized carbons (Fsp3) is 0.280. The Morgan fingerprint density at radius 3 is 2.35 bits per heavy atom. The van der Waals surface area contributed by atoms with Crippen molar-refractivity contribution in [3.05, 3.63) is 78.3 Å². The van der Waals surface area contributed by atoms with Gasteiger partial charge >= 0.3 is 21.1 Å². The number of rotatable bonds is 4. The fourth-order valence-electron chi connectivity index (χ4n) is 3.57. The first-order valence-electron chi connectivity index (χ1n) is 10.8. The van der Waals surface area contributed by atoms with Gasteiger partial charge in [-0.3, -0.25) is 15.0 Å². The first-order valence-corrected chi connectivity index (χ1v) is 10.8. The van der Waals surface area contributed by atoms with Crippen molar-refractivity contribution in [3.63, 3.8) is 0 Å². The van der Waals surface area contributed by atoms with Crippen molar-refractivity contribution in [2.24, 2.45) is 0 Å². The molecule has 5 aromatic rings.